The van der Waals surface area contributed by atoms with Gasteiger partial charge in [-0.1, -0.05) is 14.9 Å². The van der Waals surface area contributed by atoms with Crippen molar-refractivity contribution in [2.24, 2.45) is 5.92 Å². The minimum atomic E-state index is -0.0274. The molecule has 184 valence electrons. The van der Waals surface area contributed by atoms with E-state index in [2.05, 4.69) is 41.5 Å². The van der Waals surface area contributed by atoms with Gasteiger partial charge in [-0.15, -0.1) is 0 Å². The number of nitrogens with zero attached hydrogens (tertiary/aromatic N) is 6. The number of hydrogen-bond donors (Lipinski definition) is 2. The first-order chi connectivity index (χ1) is 14.6. The van der Waals surface area contributed by atoms with Crippen LogP contribution in [0.4, 0.5) is 17.6 Å². The largest absolute Gasteiger partial charge is 0.365 e. The number of aromatic nitrogens is 6. The second-order valence-corrected chi connectivity index (χ2v) is 8.71. The first-order valence-electron chi connectivity index (χ1n) is 11.0. The predicted molar refractivity (Wildman–Crippen MR) is 140 cm³/mol. The van der Waals surface area contributed by atoms with Gasteiger partial charge in [0.25, 0.3) is 0 Å². The van der Waals surface area contributed by atoms with Crippen molar-refractivity contribution in [3.8, 4) is 0 Å². The van der Waals surface area contributed by atoms with Gasteiger partial charge in [-0.05, 0) is 58.8 Å². The topological polar surface area (TPSA) is 94.7 Å². The molecule has 1 aliphatic carbocycles. The third-order valence-corrected chi connectivity index (χ3v) is 5.96. The average Bonchev–Trinajstić information content (AvgIpc) is 3.34. The fourth-order valence-electron chi connectivity index (χ4n) is 3.96. The highest BCUT2D eigenvalue weighted by Crippen LogP contribution is 2.35. The molecule has 10 heteroatoms. The Bertz CT molecular complexity index is 1020. The molecule has 4 heterocycles. The van der Waals surface area contributed by atoms with Gasteiger partial charge >= 0.3 is 0 Å². The fourth-order valence-corrected chi connectivity index (χ4v) is 3.96. The summed E-state index contributed by atoms with van der Waals surface area (Å²) in [5.41, 5.74) is 1.57. The molecule has 0 bridgehead atoms. The van der Waals surface area contributed by atoms with Gasteiger partial charge < -0.3 is 15.4 Å². The second kappa shape index (κ2) is 11.2. The lowest BCUT2D eigenvalue weighted by molar-refractivity contribution is -0.0298. The molecule has 2 aliphatic rings. The van der Waals surface area contributed by atoms with E-state index < -0.39 is 0 Å². The van der Waals surface area contributed by atoms with E-state index in [9.17, 15) is 0 Å². The van der Waals surface area contributed by atoms with Gasteiger partial charge in [0.2, 0.25) is 5.95 Å². The lowest BCUT2D eigenvalue weighted by atomic mass is 10.2. The Labute approximate surface area is 204 Å². The number of anilines is 3. The van der Waals surface area contributed by atoms with Crippen LogP contribution in [0, 0.1) is 5.92 Å². The van der Waals surface area contributed by atoms with Gasteiger partial charge in [0.15, 0.2) is 22.8 Å². The van der Waals surface area contributed by atoms with Gasteiger partial charge in [0.1, 0.15) is 6.23 Å². The monoisotopic (exact) mass is 476 g/mol. The zero-order chi connectivity index (χ0) is 20.7. The summed E-state index contributed by atoms with van der Waals surface area (Å²) in [6.45, 7) is 7.19. The van der Waals surface area contributed by atoms with Crippen LogP contribution in [0.2, 0.25) is 0 Å². The number of nitrogens with one attached hydrogen (secondary N) is 2. The zero-order valence-electron chi connectivity index (χ0n) is 18.4. The quantitative estimate of drug-likeness (QED) is 0.455. The number of hydrogen-bond acceptors (Lipinski definition) is 7. The van der Waals surface area contributed by atoms with Crippen LogP contribution in [-0.2, 0) is 4.74 Å². The highest BCUT2D eigenvalue weighted by Gasteiger charge is 2.29. The van der Waals surface area contributed by atoms with Crippen LogP contribution in [0.5, 0.6) is 0 Å². The molecule has 5 rings (SSSR count). The highest BCUT2D eigenvalue weighted by molar-refractivity contribution is 7.59. The smallest absolute Gasteiger partial charge is 0.232 e. The normalized spacial score (nSPS) is 18.7. The molecule has 1 saturated carbocycles. The van der Waals surface area contributed by atoms with Gasteiger partial charge in [-0.25, -0.2) is 4.98 Å². The third-order valence-electron chi connectivity index (χ3n) is 5.96. The summed E-state index contributed by atoms with van der Waals surface area (Å²) < 4.78 is 9.95. The van der Waals surface area contributed by atoms with E-state index in [1.165, 1.54) is 12.8 Å². The molecule has 33 heavy (non-hydrogen) atoms. The van der Waals surface area contributed by atoms with Crippen molar-refractivity contribution >= 4 is 42.2 Å². The van der Waals surface area contributed by atoms with Crippen LogP contribution in [-0.4, -0.2) is 41.9 Å². The molecule has 1 unspecified atom stereocenters. The Morgan fingerprint density at radius 2 is 1.88 bits per heavy atom. The minimum Gasteiger partial charge on any atom is -0.365 e. The van der Waals surface area contributed by atoms with Gasteiger partial charge in [0.05, 0.1) is 6.33 Å². The van der Waals surface area contributed by atoms with Crippen molar-refractivity contribution in [3.05, 3.63) is 18.6 Å². The summed E-state index contributed by atoms with van der Waals surface area (Å²) in [6, 6.07) is 2.59. The molecule has 9 nitrogen and oxygen atoms in total. The molecule has 1 aliphatic heterocycles. The lowest BCUT2D eigenvalue weighted by Gasteiger charge is -2.24. The van der Waals surface area contributed by atoms with Crippen molar-refractivity contribution in [2.75, 3.05) is 17.2 Å². The summed E-state index contributed by atoms with van der Waals surface area (Å²) in [4.78, 5) is 14.2. The maximum atomic E-state index is 5.99. The SMILES string of the molecule is C.C.CC(C)n1ccc(Nc2nc(N[C@@H](C)C3CC3)c3ncn(C4CCCCO4)c3n2)n1.S. The zero-order valence-corrected chi connectivity index (χ0v) is 19.4. The third kappa shape index (κ3) is 5.78. The number of fused-ring (bicyclic) bond motifs is 1. The number of ether oxygens (including phenoxy) is 1. The first kappa shape index (κ1) is 26.9. The van der Waals surface area contributed by atoms with Gasteiger partial charge in [-0.3, -0.25) is 9.25 Å². The lowest BCUT2D eigenvalue weighted by Crippen LogP contribution is -2.20. The van der Waals surface area contributed by atoms with Crippen LogP contribution in [0.25, 0.3) is 11.2 Å². The van der Waals surface area contributed by atoms with Crippen molar-refractivity contribution in [1.82, 2.24) is 29.3 Å². The van der Waals surface area contributed by atoms with Gasteiger partial charge in [0, 0.05) is 31.0 Å². The summed E-state index contributed by atoms with van der Waals surface area (Å²) in [6.07, 6.45) is 9.53. The van der Waals surface area contributed by atoms with Crippen molar-refractivity contribution in [3.63, 3.8) is 0 Å². The van der Waals surface area contributed by atoms with E-state index in [1.807, 2.05) is 27.8 Å². The molecule has 0 spiro atoms. The summed E-state index contributed by atoms with van der Waals surface area (Å²) in [7, 11) is 0. The van der Waals surface area contributed by atoms with E-state index in [0.717, 1.165) is 48.7 Å². The molecule has 1 saturated heterocycles. The van der Waals surface area contributed by atoms with Crippen LogP contribution in [0.15, 0.2) is 18.6 Å². The second-order valence-electron chi connectivity index (χ2n) is 8.71. The van der Waals surface area contributed by atoms with Crippen LogP contribution >= 0.6 is 13.5 Å². The average molecular weight is 477 g/mol. The Balaban J connectivity index is 0.00000128. The van der Waals surface area contributed by atoms with Crippen LogP contribution < -0.4 is 10.6 Å². The maximum absolute atomic E-state index is 5.99. The molecule has 0 amide bonds. The van der Waals surface area contributed by atoms with E-state index in [4.69, 9.17) is 14.7 Å². The molecule has 0 radical (unpaired) electrons. The van der Waals surface area contributed by atoms with Crippen LogP contribution in [0.1, 0.15) is 80.0 Å². The van der Waals surface area contributed by atoms with Gasteiger partial charge in [-0.2, -0.15) is 28.6 Å². The van der Waals surface area contributed by atoms with Crippen molar-refractivity contribution in [2.45, 2.75) is 86.0 Å². The fraction of sp³-hybridized carbons (Fsp3) is 0.652. The van der Waals surface area contributed by atoms with Crippen molar-refractivity contribution in [1.29, 1.82) is 0 Å². The van der Waals surface area contributed by atoms with E-state index in [1.54, 1.807) is 0 Å². The Morgan fingerprint density at radius 1 is 1.09 bits per heavy atom. The molecule has 3 aromatic rings. The van der Waals surface area contributed by atoms with E-state index >= 15 is 0 Å². The summed E-state index contributed by atoms with van der Waals surface area (Å²) in [5.74, 6) is 2.71. The number of imidazole rings is 1. The van der Waals surface area contributed by atoms with E-state index in [0.29, 0.717) is 23.9 Å². The van der Waals surface area contributed by atoms with E-state index in [-0.39, 0.29) is 34.6 Å². The minimum absolute atomic E-state index is 0. The molecule has 2 N–H and O–H groups in total. The molecule has 0 aromatic carbocycles. The highest BCUT2D eigenvalue weighted by atomic mass is 32.1. The Kier molecular flexibility index (Phi) is 9.13. The standard InChI is InChI=1S/C21H30N8O.2CH4.H2S/c1-13(2)29-10-9-16(27-29)24-21-25-19(23-14(3)15-7-8-15)18-20(26-21)28(12-22-18)17-6-4-5-11-30-17;;;/h9-10,12-15,17H,4-8,11H2,1-3H3,(H2,23,24,25,26,27);2*1H4;1H2/t14-,17?;;;/m0.../s1. The summed E-state index contributed by atoms with van der Waals surface area (Å²) in [5, 5.41) is 11.4. The number of rotatable bonds is 7. The molecule has 3 aromatic heterocycles. The molecule has 2 fully saturated rings. The maximum Gasteiger partial charge on any atom is 0.232 e. The Morgan fingerprint density at radius 3 is 2.52 bits per heavy atom. The molecular formula is C23H40N8OS. The Hall–Kier alpha value is -2.33. The van der Waals surface area contributed by atoms with Crippen LogP contribution in [0.3, 0.4) is 0 Å². The van der Waals surface area contributed by atoms with Crippen molar-refractivity contribution < 1.29 is 4.74 Å². The molecular weight excluding hydrogens is 436 g/mol. The predicted octanol–water partition coefficient (Wildman–Crippen LogP) is 5.64. The summed E-state index contributed by atoms with van der Waals surface area (Å²) >= 11 is 0. The first-order valence-corrected chi connectivity index (χ1v) is 11.0. The molecule has 2 atom stereocenters.